The van der Waals surface area contributed by atoms with Crippen LogP contribution in [0.1, 0.15) is 25.3 Å². The van der Waals surface area contributed by atoms with Gasteiger partial charge in [0.2, 0.25) is 5.91 Å². The number of rotatable bonds is 4. The van der Waals surface area contributed by atoms with Crippen LogP contribution in [0.3, 0.4) is 0 Å². The largest absolute Gasteiger partial charge is 0.490 e. The first-order valence-corrected chi connectivity index (χ1v) is 10.4. The normalized spacial score (nSPS) is 14.4. The van der Waals surface area contributed by atoms with Gasteiger partial charge in [0, 0.05) is 23.7 Å². The van der Waals surface area contributed by atoms with E-state index < -0.39 is 12.1 Å². The minimum absolute atomic E-state index is 0.135. The van der Waals surface area contributed by atoms with Crippen LogP contribution in [0.4, 0.5) is 18.3 Å². The summed E-state index contributed by atoms with van der Waals surface area (Å²) in [7, 11) is 0. The molecule has 0 saturated carbocycles. The second kappa shape index (κ2) is 10.8. The number of hydrogen-bond acceptors (Lipinski definition) is 6. The first-order valence-electron chi connectivity index (χ1n) is 9.18. The molecule has 0 atom stereocenters. The number of aryl methyl sites for hydroxylation is 1. The number of carbonyl (C=O) groups is 2. The molecule has 0 unspecified atom stereocenters. The molecular weight excluding hydrogens is 459 g/mol. The standard InChI is InChI=1S/C17H20ClN3O2S.C2HF3O2/c1-10-7-12(18)8-14(15-9-20-17(24-15)21-11(2)22)16(10)23-13-3-5-19-6-4-13;3-2(4,5)1(6)7/h7-9,13,19H,3-6H2,1-2H3,(H,20,21,22);(H,6,7). The van der Waals surface area contributed by atoms with Crippen molar-refractivity contribution in [3.05, 3.63) is 28.9 Å². The Morgan fingerprint density at radius 3 is 2.48 bits per heavy atom. The topological polar surface area (TPSA) is 101 Å². The predicted molar refractivity (Wildman–Crippen MR) is 112 cm³/mol. The van der Waals surface area contributed by atoms with Gasteiger partial charge in [-0.15, -0.1) is 0 Å². The van der Waals surface area contributed by atoms with Gasteiger partial charge in [-0.1, -0.05) is 22.9 Å². The Hall–Kier alpha value is -2.37. The molecule has 1 fully saturated rings. The van der Waals surface area contributed by atoms with Crippen LogP contribution in [-0.4, -0.2) is 47.3 Å². The molecule has 3 rings (SSSR count). The lowest BCUT2D eigenvalue weighted by molar-refractivity contribution is -0.192. The van der Waals surface area contributed by atoms with Gasteiger partial charge >= 0.3 is 12.1 Å². The van der Waals surface area contributed by atoms with E-state index in [1.165, 1.54) is 18.3 Å². The molecule has 31 heavy (non-hydrogen) atoms. The molecule has 1 aromatic heterocycles. The molecule has 1 amide bonds. The molecule has 2 aromatic rings. The predicted octanol–water partition coefficient (Wildman–Crippen LogP) is 4.49. The number of nitrogens with one attached hydrogen (secondary N) is 2. The van der Waals surface area contributed by atoms with Crippen molar-refractivity contribution in [2.24, 2.45) is 0 Å². The molecule has 12 heteroatoms. The SMILES string of the molecule is CC(=O)Nc1ncc(-c2cc(Cl)cc(C)c2OC2CCNCC2)s1.O=C(O)C(F)(F)F. The number of hydrogen-bond donors (Lipinski definition) is 3. The third-order valence-electron chi connectivity index (χ3n) is 4.11. The van der Waals surface area contributed by atoms with E-state index >= 15 is 0 Å². The zero-order chi connectivity index (χ0) is 23.2. The number of ether oxygens (including phenoxy) is 1. The highest BCUT2D eigenvalue weighted by Gasteiger charge is 2.38. The van der Waals surface area contributed by atoms with Gasteiger partial charge in [0.1, 0.15) is 11.9 Å². The summed E-state index contributed by atoms with van der Waals surface area (Å²) < 4.78 is 38.0. The van der Waals surface area contributed by atoms with E-state index in [-0.39, 0.29) is 12.0 Å². The lowest BCUT2D eigenvalue weighted by Crippen LogP contribution is -2.34. The molecule has 1 aliphatic rings. The summed E-state index contributed by atoms with van der Waals surface area (Å²) in [5.74, 6) is -2.04. The van der Waals surface area contributed by atoms with Crippen LogP contribution in [0.15, 0.2) is 18.3 Å². The Morgan fingerprint density at radius 2 is 1.94 bits per heavy atom. The van der Waals surface area contributed by atoms with E-state index in [0.29, 0.717) is 10.2 Å². The fourth-order valence-electron chi connectivity index (χ4n) is 2.76. The lowest BCUT2D eigenvalue weighted by Gasteiger charge is -2.26. The van der Waals surface area contributed by atoms with Crippen LogP contribution in [-0.2, 0) is 9.59 Å². The van der Waals surface area contributed by atoms with Crippen molar-refractivity contribution in [3.8, 4) is 16.2 Å². The van der Waals surface area contributed by atoms with Gasteiger partial charge in [-0.25, -0.2) is 9.78 Å². The number of piperidine rings is 1. The fraction of sp³-hybridized carbons (Fsp3) is 0.421. The average molecular weight is 480 g/mol. The lowest BCUT2D eigenvalue weighted by atomic mass is 10.1. The van der Waals surface area contributed by atoms with Gasteiger partial charge in [0.05, 0.1) is 4.88 Å². The van der Waals surface area contributed by atoms with E-state index in [1.807, 2.05) is 19.1 Å². The maximum atomic E-state index is 11.2. The van der Waals surface area contributed by atoms with Gasteiger partial charge in [-0.05, 0) is 50.6 Å². The van der Waals surface area contributed by atoms with E-state index in [4.69, 9.17) is 26.2 Å². The number of carboxylic acid groups (broad SMARTS) is 1. The molecule has 7 nitrogen and oxygen atoms in total. The number of amides is 1. The fourth-order valence-corrected chi connectivity index (χ4v) is 3.90. The zero-order valence-corrected chi connectivity index (χ0v) is 18.2. The van der Waals surface area contributed by atoms with Crippen LogP contribution >= 0.6 is 22.9 Å². The molecule has 1 aromatic carbocycles. The minimum atomic E-state index is -5.08. The van der Waals surface area contributed by atoms with E-state index in [1.54, 1.807) is 6.20 Å². The Kier molecular flexibility index (Phi) is 8.66. The smallest absolute Gasteiger partial charge is 0.489 e. The first-order chi connectivity index (χ1) is 14.5. The van der Waals surface area contributed by atoms with Crippen molar-refractivity contribution in [2.45, 2.75) is 39.0 Å². The summed E-state index contributed by atoms with van der Waals surface area (Å²) in [5.41, 5.74) is 1.93. The quantitative estimate of drug-likeness (QED) is 0.597. The van der Waals surface area contributed by atoms with Gasteiger partial charge in [-0.3, -0.25) is 4.79 Å². The molecule has 0 radical (unpaired) electrons. The summed E-state index contributed by atoms with van der Waals surface area (Å²) in [6, 6.07) is 3.81. The molecule has 2 heterocycles. The van der Waals surface area contributed by atoms with Crippen molar-refractivity contribution >= 4 is 39.9 Å². The molecule has 1 aliphatic heterocycles. The Labute approximate surface area is 185 Å². The summed E-state index contributed by atoms with van der Waals surface area (Å²) >= 11 is 7.67. The number of benzene rings is 1. The van der Waals surface area contributed by atoms with Crippen LogP contribution in [0.2, 0.25) is 5.02 Å². The number of carboxylic acids is 1. The first kappa shape index (κ1) is 24.9. The second-order valence-electron chi connectivity index (χ2n) is 6.68. The van der Waals surface area contributed by atoms with Crippen molar-refractivity contribution in [3.63, 3.8) is 0 Å². The number of carbonyl (C=O) groups excluding carboxylic acids is 1. The van der Waals surface area contributed by atoms with Crippen LogP contribution in [0.25, 0.3) is 10.4 Å². The molecule has 3 N–H and O–H groups in total. The molecule has 0 spiro atoms. The maximum Gasteiger partial charge on any atom is 0.490 e. The van der Waals surface area contributed by atoms with Gasteiger partial charge in [-0.2, -0.15) is 13.2 Å². The summed E-state index contributed by atoms with van der Waals surface area (Å²) in [6.07, 6.45) is -1.16. The molecule has 0 aliphatic carbocycles. The van der Waals surface area contributed by atoms with Gasteiger partial charge < -0.3 is 20.5 Å². The summed E-state index contributed by atoms with van der Waals surface area (Å²) in [6.45, 7) is 5.41. The van der Waals surface area contributed by atoms with E-state index in [2.05, 4.69) is 15.6 Å². The van der Waals surface area contributed by atoms with E-state index in [9.17, 15) is 18.0 Å². The maximum absolute atomic E-state index is 11.2. The second-order valence-corrected chi connectivity index (χ2v) is 8.15. The molecular formula is C19H21ClF3N3O4S. The van der Waals surface area contributed by atoms with Crippen LogP contribution < -0.4 is 15.4 Å². The van der Waals surface area contributed by atoms with Crippen LogP contribution in [0, 0.1) is 6.92 Å². The molecule has 1 saturated heterocycles. The number of anilines is 1. The third kappa shape index (κ3) is 7.67. The Balaban J connectivity index is 0.000000423. The van der Waals surface area contributed by atoms with Crippen molar-refractivity contribution in [1.29, 1.82) is 0 Å². The molecule has 170 valence electrons. The Morgan fingerprint density at radius 1 is 1.32 bits per heavy atom. The summed E-state index contributed by atoms with van der Waals surface area (Å²) in [5, 5.41) is 14.4. The minimum Gasteiger partial charge on any atom is -0.489 e. The third-order valence-corrected chi connectivity index (χ3v) is 5.27. The number of alkyl halides is 3. The van der Waals surface area contributed by atoms with Crippen molar-refractivity contribution < 1.29 is 32.6 Å². The highest BCUT2D eigenvalue weighted by molar-refractivity contribution is 7.19. The monoisotopic (exact) mass is 479 g/mol. The average Bonchev–Trinajstić information content (AvgIpc) is 3.12. The van der Waals surface area contributed by atoms with Crippen molar-refractivity contribution in [2.75, 3.05) is 18.4 Å². The van der Waals surface area contributed by atoms with Crippen molar-refractivity contribution in [1.82, 2.24) is 10.3 Å². The van der Waals surface area contributed by atoms with E-state index in [0.717, 1.165) is 47.7 Å². The number of aromatic nitrogens is 1. The van der Waals surface area contributed by atoms with Gasteiger partial charge in [0.25, 0.3) is 0 Å². The van der Waals surface area contributed by atoms with Crippen LogP contribution in [0.5, 0.6) is 5.75 Å². The highest BCUT2D eigenvalue weighted by atomic mass is 35.5. The molecule has 0 bridgehead atoms. The van der Waals surface area contributed by atoms with Gasteiger partial charge in [0.15, 0.2) is 5.13 Å². The Bertz CT molecular complexity index is 931. The number of aliphatic carboxylic acids is 1. The number of thiazole rings is 1. The summed E-state index contributed by atoms with van der Waals surface area (Å²) in [4.78, 5) is 25.3. The zero-order valence-electron chi connectivity index (χ0n) is 16.7. The highest BCUT2D eigenvalue weighted by Crippen LogP contribution is 2.40. The number of nitrogens with zero attached hydrogens (tertiary/aromatic N) is 1. The number of halogens is 4.